The lowest BCUT2D eigenvalue weighted by atomic mass is 10.0. The Morgan fingerprint density at radius 2 is 0.682 bits per heavy atom. The lowest BCUT2D eigenvalue weighted by molar-refractivity contribution is -0.123. The van der Waals surface area contributed by atoms with Crippen LogP contribution in [0.3, 0.4) is 0 Å². The van der Waals surface area contributed by atoms with Gasteiger partial charge in [0.2, 0.25) is 5.91 Å². The molecule has 3 N–H and O–H groups in total. The number of carbonyl (C=O) groups is 1. The van der Waals surface area contributed by atoms with Crippen LogP contribution in [0.2, 0.25) is 0 Å². The minimum absolute atomic E-state index is 0.0832. The third-order valence-electron chi connectivity index (χ3n) is 12.2. The molecule has 0 rings (SSSR count). The topological polar surface area (TPSA) is 69.6 Å². The van der Waals surface area contributed by atoms with E-state index in [-0.39, 0.29) is 12.5 Å². The zero-order valence-electron chi connectivity index (χ0n) is 43.4. The van der Waals surface area contributed by atoms with Crippen LogP contribution in [0.4, 0.5) is 0 Å². The molecule has 0 saturated heterocycles. The molecule has 0 bridgehead atoms. The van der Waals surface area contributed by atoms with Crippen molar-refractivity contribution in [2.45, 2.75) is 270 Å². The van der Waals surface area contributed by atoms with Crippen molar-refractivity contribution in [2.24, 2.45) is 0 Å². The highest BCUT2D eigenvalue weighted by atomic mass is 16.3. The van der Waals surface area contributed by atoms with E-state index in [0.717, 1.165) is 77.0 Å². The van der Waals surface area contributed by atoms with Crippen molar-refractivity contribution in [1.82, 2.24) is 5.32 Å². The van der Waals surface area contributed by atoms with Crippen LogP contribution in [0.25, 0.3) is 0 Å². The summed E-state index contributed by atoms with van der Waals surface area (Å²) in [5, 5.41) is 23.1. The van der Waals surface area contributed by atoms with E-state index >= 15 is 0 Å². The van der Waals surface area contributed by atoms with Gasteiger partial charge in [-0.15, -0.1) is 0 Å². The number of allylic oxidation sites excluding steroid dienone is 17. The van der Waals surface area contributed by atoms with Crippen molar-refractivity contribution in [2.75, 3.05) is 6.61 Å². The maximum absolute atomic E-state index is 12.5. The van der Waals surface area contributed by atoms with E-state index in [1.54, 1.807) is 6.08 Å². The molecule has 0 aromatic rings. The third-order valence-corrected chi connectivity index (χ3v) is 12.2. The molecule has 0 fully saturated rings. The van der Waals surface area contributed by atoms with E-state index in [9.17, 15) is 15.0 Å². The van der Waals surface area contributed by atoms with Crippen molar-refractivity contribution in [1.29, 1.82) is 0 Å². The van der Waals surface area contributed by atoms with Crippen molar-refractivity contribution in [3.8, 4) is 0 Å². The van der Waals surface area contributed by atoms with Gasteiger partial charge < -0.3 is 15.5 Å². The molecule has 0 heterocycles. The molecule has 66 heavy (non-hydrogen) atoms. The minimum atomic E-state index is -0.878. The summed E-state index contributed by atoms with van der Waals surface area (Å²) in [6, 6.07) is -0.654. The second kappa shape index (κ2) is 56.4. The van der Waals surface area contributed by atoms with E-state index in [0.29, 0.717) is 6.42 Å². The third kappa shape index (κ3) is 52.0. The molecule has 0 saturated carbocycles. The number of rotatable bonds is 50. The van der Waals surface area contributed by atoms with Gasteiger partial charge in [0.05, 0.1) is 18.8 Å². The molecule has 0 aliphatic carbocycles. The fourth-order valence-electron chi connectivity index (χ4n) is 7.98. The largest absolute Gasteiger partial charge is 0.394 e. The molecule has 2 unspecified atom stereocenters. The van der Waals surface area contributed by atoms with E-state index in [2.05, 4.69) is 116 Å². The molecule has 4 nitrogen and oxygen atoms in total. The zero-order valence-corrected chi connectivity index (χ0v) is 43.4. The Hall–Kier alpha value is -2.95. The van der Waals surface area contributed by atoms with Gasteiger partial charge >= 0.3 is 0 Å². The van der Waals surface area contributed by atoms with Gasteiger partial charge in [-0.3, -0.25) is 4.79 Å². The fourth-order valence-corrected chi connectivity index (χ4v) is 7.98. The number of aliphatic hydroxyl groups excluding tert-OH is 2. The second-order valence-corrected chi connectivity index (χ2v) is 18.6. The van der Waals surface area contributed by atoms with E-state index in [1.165, 1.54) is 161 Å². The summed E-state index contributed by atoms with van der Waals surface area (Å²) >= 11 is 0. The molecule has 0 spiro atoms. The molecule has 4 heteroatoms. The highest BCUT2D eigenvalue weighted by molar-refractivity contribution is 5.76. The Morgan fingerprint density at radius 1 is 0.379 bits per heavy atom. The van der Waals surface area contributed by atoms with Crippen LogP contribution in [0.5, 0.6) is 0 Å². The molecule has 1 amide bonds. The van der Waals surface area contributed by atoms with Crippen LogP contribution >= 0.6 is 0 Å². The Morgan fingerprint density at radius 3 is 1.06 bits per heavy atom. The summed E-state index contributed by atoms with van der Waals surface area (Å²) < 4.78 is 0. The average molecular weight is 915 g/mol. The second-order valence-electron chi connectivity index (χ2n) is 18.6. The van der Waals surface area contributed by atoms with Crippen LogP contribution in [0.1, 0.15) is 258 Å². The highest BCUT2D eigenvalue weighted by Gasteiger charge is 2.17. The van der Waals surface area contributed by atoms with Crippen LogP contribution in [0, 0.1) is 0 Å². The van der Waals surface area contributed by atoms with E-state index in [1.807, 2.05) is 6.08 Å². The Bertz CT molecular complexity index is 1270. The van der Waals surface area contributed by atoms with Gasteiger partial charge in [0.25, 0.3) is 0 Å². The maximum atomic E-state index is 12.5. The van der Waals surface area contributed by atoms with Gasteiger partial charge in [-0.25, -0.2) is 0 Å². The van der Waals surface area contributed by atoms with Crippen LogP contribution in [-0.2, 0) is 4.79 Å². The molecule has 0 aromatic carbocycles. The van der Waals surface area contributed by atoms with Crippen molar-refractivity contribution in [3.05, 3.63) is 109 Å². The fraction of sp³-hybridized carbons (Fsp3) is 0.694. The summed E-state index contributed by atoms with van der Waals surface area (Å²) in [7, 11) is 0. The van der Waals surface area contributed by atoms with Gasteiger partial charge in [0.1, 0.15) is 0 Å². The number of carbonyl (C=O) groups excluding carboxylic acids is 1. The van der Waals surface area contributed by atoms with Crippen molar-refractivity contribution in [3.63, 3.8) is 0 Å². The lowest BCUT2D eigenvalue weighted by Gasteiger charge is -2.19. The predicted molar refractivity (Wildman–Crippen MR) is 294 cm³/mol. The number of nitrogens with one attached hydrogen (secondary N) is 1. The van der Waals surface area contributed by atoms with E-state index in [4.69, 9.17) is 0 Å². The summed E-state index contributed by atoms with van der Waals surface area (Å²) in [4.78, 5) is 12.5. The van der Waals surface area contributed by atoms with Crippen LogP contribution < -0.4 is 5.32 Å². The first-order valence-electron chi connectivity index (χ1n) is 28.1. The molecular formula is C62H107NO3. The van der Waals surface area contributed by atoms with Gasteiger partial charge in [-0.2, -0.15) is 0 Å². The summed E-state index contributed by atoms with van der Waals surface area (Å²) in [6.45, 7) is 4.19. The van der Waals surface area contributed by atoms with Gasteiger partial charge in [0, 0.05) is 6.42 Å². The first kappa shape index (κ1) is 63.1. The van der Waals surface area contributed by atoms with Gasteiger partial charge in [0.15, 0.2) is 0 Å². The molecule has 0 aliphatic heterocycles. The number of aliphatic hydroxyl groups is 2. The SMILES string of the molecule is CC/C=C\C/C=C\C/C=C\C/C=C\C/C=C\C/C=C\CCCCCCCCCCCCCCC(=O)NC(CO)C(O)/C=C/CC/C=C/CC/C=C/CCCCCCCCCCCCCCC. The minimum Gasteiger partial charge on any atom is -0.394 e. The number of hydrogen-bond acceptors (Lipinski definition) is 3. The predicted octanol–water partition coefficient (Wildman–Crippen LogP) is 18.7. The molecule has 0 aromatic heterocycles. The van der Waals surface area contributed by atoms with Crippen LogP contribution in [-0.4, -0.2) is 34.9 Å². The molecule has 0 radical (unpaired) electrons. The smallest absolute Gasteiger partial charge is 0.220 e. The average Bonchev–Trinajstić information content (AvgIpc) is 3.32. The Labute approximate surface area is 410 Å². The lowest BCUT2D eigenvalue weighted by Crippen LogP contribution is -2.45. The Balaban J connectivity index is 3.61. The van der Waals surface area contributed by atoms with Crippen LogP contribution in [0.15, 0.2) is 109 Å². The standard InChI is InChI=1S/C62H107NO3/c1-3-5-7-9-11-13-15-17-19-21-23-25-27-28-29-30-31-32-33-34-36-38-40-42-44-46-48-50-52-54-56-58-62(66)63-60(59-64)61(65)57-55-53-51-49-47-45-43-41-39-37-35-26-24-22-20-18-16-14-12-10-8-6-4-2/h5,7,11,13,17,19,23,25,28-29,31-32,39,41,47,49,55,57,60-61,64-65H,3-4,6,8-10,12,14-16,18,20-22,24,26-27,30,33-38,40,42-46,48,50-54,56,58-59H2,1-2H3,(H,63,66)/b7-5-,13-11-,19-17-,25-23-,29-28-,32-31-,41-39+,49-47+,57-55+. The van der Waals surface area contributed by atoms with Gasteiger partial charge in [-0.1, -0.05) is 264 Å². The normalized spacial score (nSPS) is 13.7. The molecule has 0 aliphatic rings. The quantitative estimate of drug-likeness (QED) is 0.0421. The van der Waals surface area contributed by atoms with E-state index < -0.39 is 12.1 Å². The maximum Gasteiger partial charge on any atom is 0.220 e. The summed E-state index contributed by atoms with van der Waals surface area (Å²) in [6.07, 6.45) is 85.3. The Kier molecular flexibility index (Phi) is 53.9. The monoisotopic (exact) mass is 914 g/mol. The first-order valence-corrected chi connectivity index (χ1v) is 28.1. The van der Waals surface area contributed by atoms with Crippen molar-refractivity contribution >= 4 is 5.91 Å². The number of hydrogen-bond donors (Lipinski definition) is 3. The summed E-state index contributed by atoms with van der Waals surface area (Å²) in [5.41, 5.74) is 0. The zero-order chi connectivity index (χ0) is 47.7. The van der Waals surface area contributed by atoms with Crippen molar-refractivity contribution < 1.29 is 15.0 Å². The first-order chi connectivity index (χ1) is 32.7. The number of amides is 1. The summed E-state index contributed by atoms with van der Waals surface area (Å²) in [5.74, 6) is -0.0832. The molecule has 378 valence electrons. The number of unbranched alkanes of at least 4 members (excludes halogenated alkanes) is 27. The molecular weight excluding hydrogens is 807 g/mol. The van der Waals surface area contributed by atoms with Gasteiger partial charge in [-0.05, 0) is 96.3 Å². The highest BCUT2D eigenvalue weighted by Crippen LogP contribution is 2.15. The molecule has 2 atom stereocenters.